The van der Waals surface area contributed by atoms with Crippen LogP contribution in [-0.2, 0) is 11.2 Å². The number of hydrogen-bond donors (Lipinski definition) is 2. The maximum atomic E-state index is 12.6. The van der Waals surface area contributed by atoms with E-state index < -0.39 is 0 Å². The molecular formula is C28H31N3O3. The van der Waals surface area contributed by atoms with E-state index in [0.29, 0.717) is 17.9 Å². The number of nitrogens with one attached hydrogen (secondary N) is 2. The van der Waals surface area contributed by atoms with E-state index in [4.69, 9.17) is 4.74 Å². The molecule has 6 heteroatoms. The lowest BCUT2D eigenvalue weighted by atomic mass is 10.1. The van der Waals surface area contributed by atoms with Gasteiger partial charge >= 0.3 is 0 Å². The molecule has 0 radical (unpaired) electrons. The number of aryl methyl sites for hydroxylation is 1. The quantitative estimate of drug-likeness (QED) is 0.421. The number of carbonyl (C=O) groups excluding carboxylic acids is 2. The first-order valence-electron chi connectivity index (χ1n) is 11.9. The number of amides is 2. The summed E-state index contributed by atoms with van der Waals surface area (Å²) in [6, 6.07) is 25.1. The minimum Gasteiger partial charge on any atom is -0.494 e. The van der Waals surface area contributed by atoms with Crippen LogP contribution in [-0.4, -0.2) is 43.0 Å². The molecule has 0 aliphatic carbocycles. The lowest BCUT2D eigenvalue weighted by molar-refractivity contribution is -0.114. The molecule has 34 heavy (non-hydrogen) atoms. The fourth-order valence-electron chi connectivity index (χ4n) is 4.03. The molecular weight excluding hydrogens is 426 g/mol. The summed E-state index contributed by atoms with van der Waals surface area (Å²) < 4.78 is 5.87. The Balaban J connectivity index is 1.22. The Morgan fingerprint density at radius 1 is 0.853 bits per heavy atom. The molecule has 1 aliphatic rings. The molecule has 2 N–H and O–H groups in total. The van der Waals surface area contributed by atoms with Crippen molar-refractivity contribution >= 4 is 23.2 Å². The van der Waals surface area contributed by atoms with Gasteiger partial charge < -0.3 is 20.3 Å². The third-order valence-electron chi connectivity index (χ3n) is 5.80. The van der Waals surface area contributed by atoms with Crippen molar-refractivity contribution in [1.29, 1.82) is 0 Å². The van der Waals surface area contributed by atoms with Crippen molar-refractivity contribution in [2.75, 3.05) is 36.9 Å². The normalized spacial score (nSPS) is 12.9. The van der Waals surface area contributed by atoms with Crippen LogP contribution in [0.4, 0.5) is 11.4 Å². The highest BCUT2D eigenvalue weighted by molar-refractivity contribution is 5.98. The fraction of sp³-hybridized carbons (Fsp3) is 0.286. The zero-order valence-electron chi connectivity index (χ0n) is 19.3. The second kappa shape index (κ2) is 11.9. The second-order valence-corrected chi connectivity index (χ2v) is 8.45. The van der Waals surface area contributed by atoms with Crippen LogP contribution >= 0.6 is 0 Å². The van der Waals surface area contributed by atoms with Gasteiger partial charge in [0, 0.05) is 36.1 Å². The lowest BCUT2D eigenvalue weighted by Gasteiger charge is -2.16. The van der Waals surface area contributed by atoms with E-state index >= 15 is 0 Å². The van der Waals surface area contributed by atoms with Gasteiger partial charge in [-0.3, -0.25) is 9.59 Å². The van der Waals surface area contributed by atoms with Crippen LogP contribution < -0.4 is 15.4 Å². The molecule has 176 valence electrons. The number of nitrogens with zero attached hydrogens (tertiary/aromatic N) is 1. The number of hydrogen-bond acceptors (Lipinski definition) is 4. The van der Waals surface area contributed by atoms with Crippen LogP contribution in [0.3, 0.4) is 0 Å². The van der Waals surface area contributed by atoms with Crippen LogP contribution in [0.15, 0.2) is 78.9 Å². The third kappa shape index (κ3) is 6.85. The summed E-state index contributed by atoms with van der Waals surface area (Å²) >= 11 is 0. The van der Waals surface area contributed by atoms with Gasteiger partial charge in [-0.15, -0.1) is 0 Å². The Labute approximate surface area is 200 Å². The Morgan fingerprint density at radius 2 is 1.62 bits per heavy atom. The Bertz CT molecular complexity index is 1090. The van der Waals surface area contributed by atoms with Crippen molar-refractivity contribution in [3.8, 4) is 5.75 Å². The van der Waals surface area contributed by atoms with Crippen molar-refractivity contribution in [2.24, 2.45) is 0 Å². The van der Waals surface area contributed by atoms with Gasteiger partial charge in [0.25, 0.3) is 5.91 Å². The summed E-state index contributed by atoms with van der Waals surface area (Å²) in [5.41, 5.74) is 3.34. The molecule has 2 amide bonds. The van der Waals surface area contributed by atoms with Crippen molar-refractivity contribution in [2.45, 2.75) is 25.7 Å². The summed E-state index contributed by atoms with van der Waals surface area (Å²) in [4.78, 5) is 26.9. The van der Waals surface area contributed by atoms with Gasteiger partial charge in [-0.25, -0.2) is 0 Å². The zero-order chi connectivity index (χ0) is 23.6. The van der Waals surface area contributed by atoms with Crippen LogP contribution in [0.25, 0.3) is 0 Å². The number of anilines is 2. The largest absolute Gasteiger partial charge is 0.494 e. The van der Waals surface area contributed by atoms with Gasteiger partial charge in [-0.05, 0) is 61.6 Å². The minimum atomic E-state index is -0.181. The Kier molecular flexibility index (Phi) is 8.17. The first-order valence-corrected chi connectivity index (χ1v) is 11.9. The number of benzene rings is 3. The van der Waals surface area contributed by atoms with Gasteiger partial charge in [0.05, 0.1) is 13.2 Å². The molecule has 0 atom stereocenters. The highest BCUT2D eigenvalue weighted by Crippen LogP contribution is 2.19. The first kappa shape index (κ1) is 23.4. The van der Waals surface area contributed by atoms with E-state index in [1.54, 1.807) is 24.3 Å². The van der Waals surface area contributed by atoms with Crippen molar-refractivity contribution in [3.05, 3.63) is 90.0 Å². The molecule has 4 rings (SSSR count). The monoisotopic (exact) mass is 457 g/mol. The molecule has 0 spiro atoms. The predicted octanol–water partition coefficient (Wildman–Crippen LogP) is 4.98. The molecule has 3 aromatic rings. The van der Waals surface area contributed by atoms with Gasteiger partial charge in [0.2, 0.25) is 5.91 Å². The number of rotatable bonds is 10. The molecule has 1 aliphatic heterocycles. The lowest BCUT2D eigenvalue weighted by Crippen LogP contribution is -2.27. The fourth-order valence-corrected chi connectivity index (χ4v) is 4.03. The van der Waals surface area contributed by atoms with E-state index in [1.807, 2.05) is 47.4 Å². The van der Waals surface area contributed by atoms with Gasteiger partial charge in [0.1, 0.15) is 5.75 Å². The molecule has 0 aromatic heterocycles. The number of likely N-dealkylation sites (tertiary alicyclic amines) is 1. The van der Waals surface area contributed by atoms with Crippen LogP contribution in [0.1, 0.15) is 35.2 Å². The van der Waals surface area contributed by atoms with Gasteiger partial charge in [0.15, 0.2) is 0 Å². The van der Waals surface area contributed by atoms with E-state index in [9.17, 15) is 9.59 Å². The maximum Gasteiger partial charge on any atom is 0.253 e. The van der Waals surface area contributed by atoms with E-state index in [1.165, 1.54) is 5.56 Å². The SMILES string of the molecule is O=C(CNc1cccc(OCCCc2ccccc2)c1)Nc1cccc(C(=O)N2CCCC2)c1. The molecule has 6 nitrogen and oxygen atoms in total. The average molecular weight is 458 g/mol. The molecule has 1 saturated heterocycles. The van der Waals surface area contributed by atoms with Crippen molar-refractivity contribution < 1.29 is 14.3 Å². The highest BCUT2D eigenvalue weighted by Gasteiger charge is 2.19. The van der Waals surface area contributed by atoms with Crippen molar-refractivity contribution in [3.63, 3.8) is 0 Å². The summed E-state index contributed by atoms with van der Waals surface area (Å²) in [6.45, 7) is 2.34. The number of ether oxygens (including phenoxy) is 1. The van der Waals surface area contributed by atoms with Gasteiger partial charge in [-0.2, -0.15) is 0 Å². The Hall–Kier alpha value is -3.80. The molecule has 0 saturated carbocycles. The summed E-state index contributed by atoms with van der Waals surface area (Å²) in [5.74, 6) is 0.610. The first-order chi connectivity index (χ1) is 16.7. The second-order valence-electron chi connectivity index (χ2n) is 8.45. The molecule has 0 bridgehead atoms. The van der Waals surface area contributed by atoms with E-state index in [-0.39, 0.29) is 18.4 Å². The zero-order valence-corrected chi connectivity index (χ0v) is 19.3. The van der Waals surface area contributed by atoms with Crippen LogP contribution in [0, 0.1) is 0 Å². The summed E-state index contributed by atoms with van der Waals surface area (Å²) in [5, 5.41) is 6.00. The molecule has 3 aromatic carbocycles. The van der Waals surface area contributed by atoms with E-state index in [2.05, 4.69) is 22.8 Å². The minimum absolute atomic E-state index is 0.0207. The van der Waals surface area contributed by atoms with E-state index in [0.717, 1.165) is 50.2 Å². The smallest absolute Gasteiger partial charge is 0.253 e. The molecule has 0 unspecified atom stereocenters. The van der Waals surface area contributed by atoms with Crippen LogP contribution in [0.5, 0.6) is 5.75 Å². The maximum absolute atomic E-state index is 12.6. The third-order valence-corrected chi connectivity index (χ3v) is 5.80. The molecule has 1 fully saturated rings. The standard InChI is InChI=1S/C28H31N3O3/c32-27(30-25-14-6-12-23(19-25)28(33)31-16-4-5-17-31)21-29-24-13-7-15-26(20-24)34-18-8-11-22-9-2-1-3-10-22/h1-3,6-7,9-10,12-15,19-20,29H,4-5,8,11,16-18,21H2,(H,30,32). The van der Waals surface area contributed by atoms with Crippen LogP contribution in [0.2, 0.25) is 0 Å². The van der Waals surface area contributed by atoms with Crippen molar-refractivity contribution in [1.82, 2.24) is 4.90 Å². The highest BCUT2D eigenvalue weighted by atomic mass is 16.5. The number of carbonyl (C=O) groups is 2. The topological polar surface area (TPSA) is 70.7 Å². The Morgan fingerprint density at radius 3 is 2.44 bits per heavy atom. The predicted molar refractivity (Wildman–Crippen MR) is 135 cm³/mol. The van der Waals surface area contributed by atoms with Gasteiger partial charge in [-0.1, -0.05) is 42.5 Å². The average Bonchev–Trinajstić information content (AvgIpc) is 3.41. The molecule has 1 heterocycles. The summed E-state index contributed by atoms with van der Waals surface area (Å²) in [7, 11) is 0. The summed E-state index contributed by atoms with van der Waals surface area (Å²) in [6.07, 6.45) is 4.01.